The van der Waals surface area contributed by atoms with Crippen molar-refractivity contribution in [1.82, 2.24) is 0 Å². The lowest BCUT2D eigenvalue weighted by atomic mass is 10.2. The predicted molar refractivity (Wildman–Crippen MR) is 49.2 cm³/mol. The summed E-state index contributed by atoms with van der Waals surface area (Å²) in [6.07, 6.45) is 1.27. The van der Waals surface area contributed by atoms with Crippen LogP contribution >= 0.6 is 0 Å². The minimum Gasteiger partial charge on any atom is -0.458 e. The van der Waals surface area contributed by atoms with Gasteiger partial charge in [0.1, 0.15) is 6.29 Å². The Labute approximate surface area is 82.2 Å². The highest BCUT2D eigenvalue weighted by Crippen LogP contribution is 2.22. The van der Waals surface area contributed by atoms with Crippen LogP contribution in [0.25, 0.3) is 0 Å². The number of aldehydes is 1. The summed E-state index contributed by atoms with van der Waals surface area (Å²) in [5.74, 6) is -0.371. The zero-order valence-electron chi connectivity index (χ0n) is 8.37. The van der Waals surface area contributed by atoms with Crippen LogP contribution in [0, 0.1) is 0 Å². The van der Waals surface area contributed by atoms with Crippen molar-refractivity contribution >= 4 is 12.3 Å². The van der Waals surface area contributed by atoms with Gasteiger partial charge in [-0.05, 0) is 20.8 Å². The average molecular weight is 196 g/mol. The average Bonchev–Trinajstić information content (AvgIpc) is 2.42. The number of carbonyl (C=O) groups excluding carboxylic acids is 2. The molecule has 1 rings (SSSR count). The van der Waals surface area contributed by atoms with E-state index in [1.165, 1.54) is 6.26 Å². The Morgan fingerprint density at radius 2 is 2.14 bits per heavy atom. The van der Waals surface area contributed by atoms with E-state index in [0.29, 0.717) is 17.4 Å². The number of ether oxygens (including phenoxy) is 2. The van der Waals surface area contributed by atoms with Crippen molar-refractivity contribution < 1.29 is 19.1 Å². The van der Waals surface area contributed by atoms with Crippen LogP contribution < -0.4 is 0 Å². The zero-order valence-corrected chi connectivity index (χ0v) is 8.37. The number of carbonyl (C=O) groups is 2. The summed E-state index contributed by atoms with van der Waals surface area (Å²) in [5, 5.41) is 0. The van der Waals surface area contributed by atoms with Crippen molar-refractivity contribution in [2.24, 2.45) is 0 Å². The molecule has 1 atom stereocenters. The van der Waals surface area contributed by atoms with E-state index in [0.717, 1.165) is 5.57 Å². The summed E-state index contributed by atoms with van der Waals surface area (Å²) in [6, 6.07) is 0. The molecule has 0 saturated carbocycles. The third-order valence-electron chi connectivity index (χ3n) is 2.03. The highest BCUT2D eigenvalue weighted by molar-refractivity contribution is 5.91. The molecule has 0 fully saturated rings. The van der Waals surface area contributed by atoms with Crippen LogP contribution in [0.15, 0.2) is 23.0 Å². The van der Waals surface area contributed by atoms with Crippen LogP contribution in [0.4, 0.5) is 0 Å². The Balaban J connectivity index is 2.66. The Kier molecular flexibility index (Phi) is 3.06. The lowest BCUT2D eigenvalue weighted by Gasteiger charge is -2.10. The van der Waals surface area contributed by atoms with Crippen molar-refractivity contribution in [3.8, 4) is 0 Å². The second kappa shape index (κ2) is 4.09. The number of cyclic esters (lactones) is 1. The van der Waals surface area contributed by atoms with Gasteiger partial charge in [0.2, 0.25) is 0 Å². The summed E-state index contributed by atoms with van der Waals surface area (Å²) in [5.41, 5.74) is 1.75. The molecule has 0 radical (unpaired) electrons. The fourth-order valence-electron chi connectivity index (χ4n) is 0.938. The number of hydrogen-bond acceptors (Lipinski definition) is 4. The molecule has 4 nitrogen and oxygen atoms in total. The van der Waals surface area contributed by atoms with Gasteiger partial charge >= 0.3 is 5.97 Å². The molecule has 0 N–H and O–H groups in total. The number of allylic oxidation sites excluding steroid dienone is 1. The molecule has 14 heavy (non-hydrogen) atoms. The van der Waals surface area contributed by atoms with E-state index in [1.54, 1.807) is 20.8 Å². The van der Waals surface area contributed by atoms with Gasteiger partial charge in [0.15, 0.2) is 0 Å². The van der Waals surface area contributed by atoms with Gasteiger partial charge in [-0.25, -0.2) is 4.79 Å². The lowest BCUT2D eigenvalue weighted by Crippen LogP contribution is -2.12. The van der Waals surface area contributed by atoms with E-state index in [4.69, 9.17) is 9.47 Å². The van der Waals surface area contributed by atoms with E-state index < -0.39 is 6.29 Å². The van der Waals surface area contributed by atoms with Gasteiger partial charge in [0, 0.05) is 16.7 Å². The molecular weight excluding hydrogens is 184 g/mol. The number of esters is 1. The van der Waals surface area contributed by atoms with Crippen LogP contribution in [0.3, 0.4) is 0 Å². The minimum atomic E-state index is -0.683. The molecule has 1 unspecified atom stereocenters. The fourth-order valence-corrected chi connectivity index (χ4v) is 0.938. The van der Waals surface area contributed by atoms with E-state index in [1.807, 2.05) is 0 Å². The van der Waals surface area contributed by atoms with Crippen LogP contribution in [0.2, 0.25) is 0 Å². The summed E-state index contributed by atoms with van der Waals surface area (Å²) in [4.78, 5) is 21.3. The molecule has 0 bridgehead atoms. The van der Waals surface area contributed by atoms with Crippen molar-refractivity contribution in [2.45, 2.75) is 27.1 Å². The Hall–Kier alpha value is -1.58. The predicted octanol–water partition coefficient (Wildman–Crippen LogP) is 1.32. The first-order valence-corrected chi connectivity index (χ1v) is 4.22. The maximum atomic E-state index is 11.1. The molecule has 0 aromatic carbocycles. The summed E-state index contributed by atoms with van der Waals surface area (Å²) >= 11 is 0. The van der Waals surface area contributed by atoms with Gasteiger partial charge < -0.3 is 9.47 Å². The molecule has 0 saturated heterocycles. The molecule has 1 heterocycles. The van der Waals surface area contributed by atoms with Gasteiger partial charge in [-0.1, -0.05) is 0 Å². The van der Waals surface area contributed by atoms with E-state index in [9.17, 15) is 9.59 Å². The topological polar surface area (TPSA) is 52.6 Å². The molecule has 0 aliphatic carbocycles. The van der Waals surface area contributed by atoms with Crippen LogP contribution in [0.1, 0.15) is 20.8 Å². The monoisotopic (exact) mass is 196 g/mol. The van der Waals surface area contributed by atoms with Crippen molar-refractivity contribution in [3.05, 3.63) is 23.0 Å². The maximum absolute atomic E-state index is 11.1. The Bertz CT molecular complexity index is 325. The SMILES string of the molecule is CC(C=O)=COC1OC(=O)C(C)=C1C. The van der Waals surface area contributed by atoms with E-state index in [-0.39, 0.29) is 5.97 Å². The van der Waals surface area contributed by atoms with E-state index in [2.05, 4.69) is 0 Å². The molecule has 0 aromatic rings. The molecular formula is C10H12O4. The molecule has 4 heteroatoms. The Morgan fingerprint density at radius 1 is 1.50 bits per heavy atom. The third kappa shape index (κ3) is 2.02. The fraction of sp³-hybridized carbons (Fsp3) is 0.400. The van der Waals surface area contributed by atoms with Crippen LogP contribution in [-0.4, -0.2) is 18.5 Å². The van der Waals surface area contributed by atoms with E-state index >= 15 is 0 Å². The highest BCUT2D eigenvalue weighted by atomic mass is 16.7. The lowest BCUT2D eigenvalue weighted by molar-refractivity contribution is -0.152. The van der Waals surface area contributed by atoms with Gasteiger partial charge in [-0.15, -0.1) is 0 Å². The molecule has 1 aliphatic heterocycles. The standard InChI is InChI=1S/C10H12O4/c1-6(4-11)5-13-10-8(3)7(2)9(12)14-10/h4-5,10H,1-3H3. The van der Waals surface area contributed by atoms with Gasteiger partial charge in [-0.3, -0.25) is 4.79 Å². The van der Waals surface area contributed by atoms with Crippen molar-refractivity contribution in [2.75, 3.05) is 0 Å². The molecule has 76 valence electrons. The summed E-state index contributed by atoms with van der Waals surface area (Å²) in [7, 11) is 0. The van der Waals surface area contributed by atoms with Gasteiger partial charge in [0.25, 0.3) is 6.29 Å². The first kappa shape index (κ1) is 10.5. The van der Waals surface area contributed by atoms with Gasteiger partial charge in [0.05, 0.1) is 6.26 Å². The summed E-state index contributed by atoms with van der Waals surface area (Å²) in [6.45, 7) is 5.04. The first-order valence-electron chi connectivity index (χ1n) is 4.22. The van der Waals surface area contributed by atoms with Crippen molar-refractivity contribution in [1.29, 1.82) is 0 Å². The number of hydrogen-bond donors (Lipinski definition) is 0. The largest absolute Gasteiger partial charge is 0.458 e. The maximum Gasteiger partial charge on any atom is 0.337 e. The third-order valence-corrected chi connectivity index (χ3v) is 2.03. The second-order valence-electron chi connectivity index (χ2n) is 3.16. The first-order chi connectivity index (χ1) is 6.56. The van der Waals surface area contributed by atoms with Crippen molar-refractivity contribution in [3.63, 3.8) is 0 Å². The number of rotatable bonds is 3. The highest BCUT2D eigenvalue weighted by Gasteiger charge is 2.28. The quantitative estimate of drug-likeness (QED) is 0.296. The second-order valence-corrected chi connectivity index (χ2v) is 3.16. The summed E-state index contributed by atoms with van der Waals surface area (Å²) < 4.78 is 10.00. The Morgan fingerprint density at radius 3 is 2.57 bits per heavy atom. The minimum absolute atomic E-state index is 0.371. The van der Waals surface area contributed by atoms with Crippen LogP contribution in [-0.2, 0) is 19.1 Å². The normalized spacial score (nSPS) is 22.4. The molecule has 0 amide bonds. The zero-order chi connectivity index (χ0) is 10.7. The van der Waals surface area contributed by atoms with Gasteiger partial charge in [-0.2, -0.15) is 0 Å². The molecule has 0 aromatic heterocycles. The van der Waals surface area contributed by atoms with Crippen LogP contribution in [0.5, 0.6) is 0 Å². The smallest absolute Gasteiger partial charge is 0.337 e. The molecule has 1 aliphatic rings. The molecule has 0 spiro atoms.